The lowest BCUT2D eigenvalue weighted by molar-refractivity contribution is 0.131. The maximum atomic E-state index is 5.99. The Labute approximate surface area is 168 Å². The molecule has 1 aromatic heterocycles. The van der Waals surface area contributed by atoms with Crippen molar-refractivity contribution in [3.05, 3.63) is 53.1 Å². The zero-order valence-corrected chi connectivity index (χ0v) is 17.2. The van der Waals surface area contributed by atoms with Crippen molar-refractivity contribution in [2.75, 3.05) is 26.7 Å². The summed E-state index contributed by atoms with van der Waals surface area (Å²) in [5.41, 5.74) is 3.81. The minimum absolute atomic E-state index is 0.304. The summed E-state index contributed by atoms with van der Waals surface area (Å²) in [7, 11) is 2.16. The van der Waals surface area contributed by atoms with E-state index in [1.54, 1.807) is 0 Å². The van der Waals surface area contributed by atoms with E-state index in [2.05, 4.69) is 54.2 Å². The minimum Gasteiger partial charge on any atom is -0.493 e. The van der Waals surface area contributed by atoms with Gasteiger partial charge >= 0.3 is 0 Å². The van der Waals surface area contributed by atoms with E-state index in [1.165, 1.54) is 29.7 Å². The van der Waals surface area contributed by atoms with Crippen molar-refractivity contribution in [1.29, 1.82) is 0 Å². The quantitative estimate of drug-likeness (QED) is 0.758. The zero-order chi connectivity index (χ0) is 19.3. The Kier molecular flexibility index (Phi) is 6.23. The first-order chi connectivity index (χ1) is 13.7. The van der Waals surface area contributed by atoms with Gasteiger partial charge in [-0.3, -0.25) is 4.90 Å². The number of nitrogens with zero attached hydrogens (tertiary/aromatic N) is 4. The summed E-state index contributed by atoms with van der Waals surface area (Å²) in [6, 6.07) is 8.76. The molecule has 150 valence electrons. The van der Waals surface area contributed by atoms with Crippen LogP contribution in [0.4, 0.5) is 0 Å². The van der Waals surface area contributed by atoms with Crippen LogP contribution in [0.25, 0.3) is 0 Å². The second kappa shape index (κ2) is 9.01. The molecule has 0 bridgehead atoms. The van der Waals surface area contributed by atoms with Crippen molar-refractivity contribution in [1.82, 2.24) is 19.8 Å². The number of likely N-dealkylation sites (N-methyl/N-ethyl adjacent to an activating group) is 1. The van der Waals surface area contributed by atoms with Gasteiger partial charge in [-0.15, -0.1) is 0 Å². The van der Waals surface area contributed by atoms with Crippen LogP contribution in [0, 0.1) is 0 Å². The van der Waals surface area contributed by atoms with E-state index in [0.29, 0.717) is 6.04 Å². The molecule has 5 nitrogen and oxygen atoms in total. The van der Waals surface area contributed by atoms with Gasteiger partial charge in [0, 0.05) is 49.1 Å². The number of benzene rings is 1. The minimum atomic E-state index is 0.304. The SMILES string of the molecule is CCCOc1ccccc1CN1CCCC[C@@H]1c1ncc2c(n1)CCN(C)C2. The van der Waals surface area contributed by atoms with Gasteiger partial charge in [-0.25, -0.2) is 9.97 Å². The second-order valence-electron chi connectivity index (χ2n) is 8.13. The molecule has 2 aromatic rings. The van der Waals surface area contributed by atoms with E-state index >= 15 is 0 Å². The van der Waals surface area contributed by atoms with Crippen molar-refractivity contribution >= 4 is 0 Å². The lowest BCUT2D eigenvalue weighted by Gasteiger charge is -2.35. The molecule has 28 heavy (non-hydrogen) atoms. The maximum absolute atomic E-state index is 5.99. The highest BCUT2D eigenvalue weighted by Crippen LogP contribution is 2.32. The predicted molar refractivity (Wildman–Crippen MR) is 111 cm³/mol. The highest BCUT2D eigenvalue weighted by Gasteiger charge is 2.28. The molecule has 0 aliphatic carbocycles. The van der Waals surface area contributed by atoms with Crippen LogP contribution < -0.4 is 4.74 Å². The standard InChI is InChI=1S/C23H32N4O/c1-3-14-28-22-10-5-4-8-18(22)17-27-12-7-6-9-21(27)23-24-15-19-16-26(2)13-11-20(19)25-23/h4-5,8,10,15,21H,3,6-7,9,11-14,16-17H2,1-2H3/t21-/m1/s1. The van der Waals surface area contributed by atoms with E-state index in [0.717, 1.165) is 63.6 Å². The number of para-hydroxylation sites is 1. The molecule has 3 heterocycles. The molecule has 0 amide bonds. The highest BCUT2D eigenvalue weighted by atomic mass is 16.5. The zero-order valence-electron chi connectivity index (χ0n) is 17.2. The molecule has 1 fully saturated rings. The van der Waals surface area contributed by atoms with E-state index in [4.69, 9.17) is 14.7 Å². The molecular weight excluding hydrogens is 348 g/mol. The molecule has 1 aromatic carbocycles. The van der Waals surface area contributed by atoms with Crippen LogP contribution in [0.5, 0.6) is 5.75 Å². The van der Waals surface area contributed by atoms with Gasteiger partial charge in [0.2, 0.25) is 0 Å². The van der Waals surface area contributed by atoms with Gasteiger partial charge in [-0.05, 0) is 38.9 Å². The van der Waals surface area contributed by atoms with Gasteiger partial charge in [-0.2, -0.15) is 0 Å². The molecule has 0 saturated carbocycles. The van der Waals surface area contributed by atoms with E-state index in [-0.39, 0.29) is 0 Å². The largest absolute Gasteiger partial charge is 0.493 e. The molecule has 0 N–H and O–H groups in total. The number of piperidine rings is 1. The van der Waals surface area contributed by atoms with E-state index in [1.807, 2.05) is 0 Å². The summed E-state index contributed by atoms with van der Waals surface area (Å²) in [6.07, 6.45) is 7.75. The van der Waals surface area contributed by atoms with Crippen LogP contribution in [0.2, 0.25) is 0 Å². The smallest absolute Gasteiger partial charge is 0.145 e. The van der Waals surface area contributed by atoms with Crippen LogP contribution in [0.3, 0.4) is 0 Å². The molecule has 1 atom stereocenters. The second-order valence-corrected chi connectivity index (χ2v) is 8.13. The van der Waals surface area contributed by atoms with Gasteiger partial charge in [0.15, 0.2) is 0 Å². The number of hydrogen-bond acceptors (Lipinski definition) is 5. The number of aromatic nitrogens is 2. The third-order valence-electron chi connectivity index (χ3n) is 5.86. The molecule has 0 unspecified atom stereocenters. The molecule has 5 heteroatoms. The Morgan fingerprint density at radius 2 is 2.07 bits per heavy atom. The molecular formula is C23H32N4O. The van der Waals surface area contributed by atoms with Crippen molar-refractivity contribution in [3.63, 3.8) is 0 Å². The van der Waals surface area contributed by atoms with Crippen molar-refractivity contribution in [2.45, 2.75) is 58.2 Å². The fraction of sp³-hybridized carbons (Fsp3) is 0.565. The monoisotopic (exact) mass is 380 g/mol. The van der Waals surface area contributed by atoms with Crippen LogP contribution in [-0.2, 0) is 19.5 Å². The van der Waals surface area contributed by atoms with Crippen LogP contribution >= 0.6 is 0 Å². The number of rotatable bonds is 6. The third kappa shape index (κ3) is 4.36. The Morgan fingerprint density at radius 3 is 2.96 bits per heavy atom. The first-order valence-corrected chi connectivity index (χ1v) is 10.7. The van der Waals surface area contributed by atoms with Gasteiger partial charge in [0.25, 0.3) is 0 Å². The Hall–Kier alpha value is -1.98. The predicted octanol–water partition coefficient (Wildman–Crippen LogP) is 3.98. The fourth-order valence-corrected chi connectivity index (χ4v) is 4.31. The van der Waals surface area contributed by atoms with E-state index in [9.17, 15) is 0 Å². The number of hydrogen-bond donors (Lipinski definition) is 0. The number of ether oxygens (including phenoxy) is 1. The lowest BCUT2D eigenvalue weighted by Crippen LogP contribution is -2.35. The Balaban J connectivity index is 1.54. The molecule has 2 aliphatic heterocycles. The Morgan fingerprint density at radius 1 is 1.18 bits per heavy atom. The average Bonchev–Trinajstić information content (AvgIpc) is 2.73. The topological polar surface area (TPSA) is 41.5 Å². The molecule has 0 spiro atoms. The van der Waals surface area contributed by atoms with Crippen molar-refractivity contribution in [3.8, 4) is 5.75 Å². The van der Waals surface area contributed by atoms with Gasteiger partial charge in [0.1, 0.15) is 11.6 Å². The van der Waals surface area contributed by atoms with Gasteiger partial charge in [0.05, 0.1) is 12.6 Å². The summed E-state index contributed by atoms with van der Waals surface area (Å²) in [6.45, 7) is 6.95. The van der Waals surface area contributed by atoms with Gasteiger partial charge in [-0.1, -0.05) is 31.5 Å². The Bertz CT molecular complexity index is 794. The fourth-order valence-electron chi connectivity index (χ4n) is 4.31. The van der Waals surface area contributed by atoms with Crippen LogP contribution in [-0.4, -0.2) is 46.5 Å². The van der Waals surface area contributed by atoms with Crippen molar-refractivity contribution in [2.24, 2.45) is 0 Å². The van der Waals surface area contributed by atoms with Crippen LogP contribution in [0.15, 0.2) is 30.5 Å². The van der Waals surface area contributed by atoms with E-state index < -0.39 is 0 Å². The summed E-state index contributed by atoms with van der Waals surface area (Å²) in [4.78, 5) is 14.7. The summed E-state index contributed by atoms with van der Waals surface area (Å²) < 4.78 is 5.99. The molecule has 2 aliphatic rings. The summed E-state index contributed by atoms with van der Waals surface area (Å²) >= 11 is 0. The summed E-state index contributed by atoms with van der Waals surface area (Å²) in [5, 5.41) is 0. The number of fused-ring (bicyclic) bond motifs is 1. The average molecular weight is 381 g/mol. The van der Waals surface area contributed by atoms with Crippen molar-refractivity contribution < 1.29 is 4.74 Å². The first kappa shape index (κ1) is 19.3. The lowest BCUT2D eigenvalue weighted by atomic mass is 9.99. The van der Waals surface area contributed by atoms with Gasteiger partial charge < -0.3 is 9.64 Å². The molecule has 1 saturated heterocycles. The first-order valence-electron chi connectivity index (χ1n) is 10.7. The molecule has 4 rings (SSSR count). The number of likely N-dealkylation sites (tertiary alicyclic amines) is 1. The maximum Gasteiger partial charge on any atom is 0.145 e. The summed E-state index contributed by atoms with van der Waals surface area (Å²) in [5.74, 6) is 2.03. The normalized spacial score (nSPS) is 20.7. The third-order valence-corrected chi connectivity index (χ3v) is 5.86. The highest BCUT2D eigenvalue weighted by molar-refractivity contribution is 5.33. The molecule has 0 radical (unpaired) electrons. The van der Waals surface area contributed by atoms with Crippen LogP contribution in [0.1, 0.15) is 61.3 Å².